The smallest absolute Gasteiger partial charge is 0.343 e. The van der Waals surface area contributed by atoms with Crippen molar-refractivity contribution in [2.45, 2.75) is 25.5 Å². The number of nitrogens with zero attached hydrogens (tertiary/aromatic N) is 1. The molecule has 0 saturated carbocycles. The number of hydrogen-bond donors (Lipinski definition) is 4. The normalized spacial score (nSPS) is 18.3. The number of aliphatic carboxylic acids is 1. The van der Waals surface area contributed by atoms with E-state index in [1.807, 2.05) is 0 Å². The Hall–Kier alpha value is -3.11. The predicted molar refractivity (Wildman–Crippen MR) is 104 cm³/mol. The molecule has 10 nitrogen and oxygen atoms in total. The molecule has 1 saturated heterocycles. The molecular formula is C19H25N3O7. The Labute approximate surface area is 167 Å². The molecule has 1 aromatic heterocycles. The van der Waals surface area contributed by atoms with Crippen molar-refractivity contribution in [3.05, 3.63) is 29.8 Å². The van der Waals surface area contributed by atoms with Crippen LogP contribution in [0.3, 0.4) is 0 Å². The van der Waals surface area contributed by atoms with Crippen LogP contribution in [0.1, 0.15) is 23.7 Å². The molecule has 4 N–H and O–H groups in total. The number of nitrogens with one attached hydrogen (secondary N) is 2. The number of aromatic carboxylic acids is 1. The Balaban J connectivity index is 0.000000687. The van der Waals surface area contributed by atoms with Crippen molar-refractivity contribution < 1.29 is 33.8 Å². The second kappa shape index (κ2) is 10.4. The molecule has 0 aliphatic carbocycles. The second-order valence-electron chi connectivity index (χ2n) is 6.31. The zero-order chi connectivity index (χ0) is 21.4. The Bertz CT molecular complexity index is 816. The Morgan fingerprint density at radius 1 is 1.24 bits per heavy atom. The molecule has 0 unspecified atom stereocenters. The van der Waals surface area contributed by atoms with Gasteiger partial charge in [-0.15, -0.1) is 0 Å². The molecule has 1 aliphatic rings. The highest BCUT2D eigenvalue weighted by Gasteiger charge is 2.30. The molecule has 10 heteroatoms. The van der Waals surface area contributed by atoms with Gasteiger partial charge in [0, 0.05) is 26.1 Å². The highest BCUT2D eigenvalue weighted by Crippen LogP contribution is 2.31. The van der Waals surface area contributed by atoms with E-state index in [9.17, 15) is 9.90 Å². The summed E-state index contributed by atoms with van der Waals surface area (Å²) in [4.78, 5) is 20.8. The zero-order valence-corrected chi connectivity index (χ0v) is 16.5. The largest absolute Gasteiger partial charge is 0.497 e. The van der Waals surface area contributed by atoms with Gasteiger partial charge < -0.3 is 34.8 Å². The van der Waals surface area contributed by atoms with E-state index < -0.39 is 11.9 Å². The van der Waals surface area contributed by atoms with Crippen LogP contribution in [0.4, 0.5) is 5.82 Å². The SMILES string of the molecule is CC(=O)O.COc1ccc(-c2onc(N[C@H]3CNCC[C@H]3OC)c2C(=O)O)cc1. The Morgan fingerprint density at radius 3 is 2.45 bits per heavy atom. The number of carboxylic acids is 2. The molecule has 1 fully saturated rings. The quantitative estimate of drug-likeness (QED) is 0.561. The first kappa shape index (κ1) is 22.2. The summed E-state index contributed by atoms with van der Waals surface area (Å²) in [5.74, 6) is -0.855. The Morgan fingerprint density at radius 2 is 1.90 bits per heavy atom. The summed E-state index contributed by atoms with van der Waals surface area (Å²) in [5.41, 5.74) is 0.620. The maximum absolute atomic E-state index is 11.8. The van der Waals surface area contributed by atoms with Crippen molar-refractivity contribution in [2.24, 2.45) is 0 Å². The molecule has 1 aromatic carbocycles. The van der Waals surface area contributed by atoms with Crippen LogP contribution in [0, 0.1) is 0 Å². The second-order valence-corrected chi connectivity index (χ2v) is 6.31. The number of rotatable bonds is 6. The van der Waals surface area contributed by atoms with Crippen molar-refractivity contribution in [1.29, 1.82) is 0 Å². The van der Waals surface area contributed by atoms with Gasteiger partial charge in [-0.1, -0.05) is 5.16 Å². The lowest BCUT2D eigenvalue weighted by Gasteiger charge is -2.31. The number of hydrogen-bond acceptors (Lipinski definition) is 8. The van der Waals surface area contributed by atoms with E-state index in [-0.39, 0.29) is 29.3 Å². The van der Waals surface area contributed by atoms with Gasteiger partial charge in [0.1, 0.15) is 5.75 Å². The lowest BCUT2D eigenvalue weighted by atomic mass is 10.0. The average Bonchev–Trinajstić information content (AvgIpc) is 3.12. The van der Waals surface area contributed by atoms with Gasteiger partial charge in [-0.25, -0.2) is 4.79 Å². The molecule has 29 heavy (non-hydrogen) atoms. The van der Waals surface area contributed by atoms with E-state index in [1.54, 1.807) is 38.5 Å². The van der Waals surface area contributed by atoms with Gasteiger partial charge in [-0.2, -0.15) is 0 Å². The minimum atomic E-state index is -1.10. The number of carboxylic acid groups (broad SMARTS) is 2. The van der Waals surface area contributed by atoms with Crippen LogP contribution < -0.4 is 15.4 Å². The summed E-state index contributed by atoms with van der Waals surface area (Å²) in [6.45, 7) is 2.60. The minimum Gasteiger partial charge on any atom is -0.497 e. The van der Waals surface area contributed by atoms with Gasteiger partial charge in [0.15, 0.2) is 17.1 Å². The van der Waals surface area contributed by atoms with E-state index in [0.717, 1.165) is 19.9 Å². The minimum absolute atomic E-state index is 0.00518. The molecular weight excluding hydrogens is 382 g/mol. The van der Waals surface area contributed by atoms with Crippen LogP contribution in [0.25, 0.3) is 11.3 Å². The summed E-state index contributed by atoms with van der Waals surface area (Å²) in [6, 6.07) is 6.85. The predicted octanol–water partition coefficient (Wildman–Crippen LogP) is 1.93. The third kappa shape index (κ3) is 5.93. The van der Waals surface area contributed by atoms with Crippen molar-refractivity contribution in [2.75, 3.05) is 32.6 Å². The molecule has 3 rings (SSSR count). The summed E-state index contributed by atoms with van der Waals surface area (Å²) in [6.07, 6.45) is 0.809. The molecule has 0 radical (unpaired) electrons. The standard InChI is InChI=1S/C17H21N3O5.C2H4O2/c1-23-11-5-3-10(4-6-11)15-14(17(21)22)16(20-25-15)19-12-9-18-8-7-13(12)24-2;1-2(3)4/h3-6,12-13,18H,7-9H2,1-2H3,(H,19,20)(H,21,22);1H3,(H,3,4)/t12-,13+;/m0./s1. The number of ether oxygens (including phenoxy) is 2. The van der Waals surface area contributed by atoms with Crippen LogP contribution in [-0.4, -0.2) is 66.8 Å². The summed E-state index contributed by atoms with van der Waals surface area (Å²) >= 11 is 0. The van der Waals surface area contributed by atoms with Gasteiger partial charge >= 0.3 is 5.97 Å². The lowest BCUT2D eigenvalue weighted by molar-refractivity contribution is -0.134. The molecule has 2 atom stereocenters. The maximum Gasteiger partial charge on any atom is 0.343 e. The maximum atomic E-state index is 11.8. The first-order chi connectivity index (χ1) is 13.9. The first-order valence-electron chi connectivity index (χ1n) is 8.94. The Kier molecular flexibility index (Phi) is 7.98. The van der Waals surface area contributed by atoms with Gasteiger partial charge in [-0.05, 0) is 37.2 Å². The van der Waals surface area contributed by atoms with Gasteiger partial charge in [0.05, 0.1) is 19.3 Å². The zero-order valence-electron chi connectivity index (χ0n) is 16.5. The van der Waals surface area contributed by atoms with Gasteiger partial charge in [0.2, 0.25) is 0 Å². The molecule has 158 valence electrons. The van der Waals surface area contributed by atoms with E-state index in [0.29, 0.717) is 17.9 Å². The van der Waals surface area contributed by atoms with Crippen LogP contribution in [-0.2, 0) is 9.53 Å². The van der Waals surface area contributed by atoms with Crippen molar-refractivity contribution >= 4 is 17.8 Å². The van der Waals surface area contributed by atoms with Crippen LogP contribution in [0.2, 0.25) is 0 Å². The highest BCUT2D eigenvalue weighted by molar-refractivity contribution is 5.99. The fourth-order valence-electron chi connectivity index (χ4n) is 2.96. The van der Waals surface area contributed by atoms with Crippen molar-refractivity contribution in [3.63, 3.8) is 0 Å². The topological polar surface area (TPSA) is 143 Å². The van der Waals surface area contributed by atoms with Crippen molar-refractivity contribution in [1.82, 2.24) is 10.5 Å². The highest BCUT2D eigenvalue weighted by atomic mass is 16.5. The monoisotopic (exact) mass is 407 g/mol. The summed E-state index contributed by atoms with van der Waals surface area (Å²) in [5, 5.41) is 27.4. The average molecular weight is 407 g/mol. The molecule has 0 bridgehead atoms. The number of anilines is 1. The number of carbonyl (C=O) groups is 2. The third-order valence-electron chi connectivity index (χ3n) is 4.30. The number of aromatic nitrogens is 1. The first-order valence-corrected chi connectivity index (χ1v) is 8.94. The fourth-order valence-corrected chi connectivity index (χ4v) is 2.96. The van der Waals surface area contributed by atoms with Crippen LogP contribution >= 0.6 is 0 Å². The number of piperidine rings is 1. The fraction of sp³-hybridized carbons (Fsp3) is 0.421. The molecule has 0 amide bonds. The van der Waals surface area contributed by atoms with E-state index in [1.165, 1.54) is 0 Å². The van der Waals surface area contributed by atoms with Crippen molar-refractivity contribution in [3.8, 4) is 17.1 Å². The molecule has 2 aromatic rings. The van der Waals surface area contributed by atoms with Crippen LogP contribution in [0.15, 0.2) is 28.8 Å². The van der Waals surface area contributed by atoms with Gasteiger partial charge in [-0.3, -0.25) is 4.79 Å². The summed E-state index contributed by atoms with van der Waals surface area (Å²) < 4.78 is 15.9. The molecule has 2 heterocycles. The lowest BCUT2D eigenvalue weighted by Crippen LogP contribution is -2.49. The van der Waals surface area contributed by atoms with Crippen LogP contribution in [0.5, 0.6) is 5.75 Å². The number of benzene rings is 1. The third-order valence-corrected chi connectivity index (χ3v) is 4.30. The summed E-state index contributed by atoms with van der Waals surface area (Å²) in [7, 11) is 3.22. The van der Waals surface area contributed by atoms with E-state index in [4.69, 9.17) is 23.9 Å². The van der Waals surface area contributed by atoms with Gasteiger partial charge in [0.25, 0.3) is 5.97 Å². The van der Waals surface area contributed by atoms with E-state index in [2.05, 4.69) is 15.8 Å². The number of methoxy groups -OCH3 is 2. The molecule has 1 aliphatic heterocycles. The van der Waals surface area contributed by atoms with E-state index >= 15 is 0 Å². The molecule has 0 spiro atoms.